The number of nitrogens with zero attached hydrogens (tertiary/aromatic N) is 2. The summed E-state index contributed by atoms with van der Waals surface area (Å²) in [5.41, 5.74) is 8.72. The van der Waals surface area contributed by atoms with Crippen LogP contribution in [0.3, 0.4) is 0 Å². The van der Waals surface area contributed by atoms with E-state index in [-0.39, 0.29) is 0 Å². The smallest absolute Gasteiger partial charge is 0.210 e. The Hall–Kier alpha value is -1.90. The van der Waals surface area contributed by atoms with Gasteiger partial charge in [-0.3, -0.25) is 0 Å². The van der Waals surface area contributed by atoms with Gasteiger partial charge in [0.25, 0.3) is 0 Å². The fraction of sp³-hybridized carbons (Fsp3) is 0.750. The normalized spacial score (nSPS) is 41.5. The average Bonchev–Trinajstić information content (AvgIpc) is 3.41. The Balaban J connectivity index is 1.09. The minimum absolute atomic E-state index is 0.376. The number of benzene rings is 1. The quantitative estimate of drug-likeness (QED) is 0.512. The van der Waals surface area contributed by atoms with Gasteiger partial charge in [0.1, 0.15) is 0 Å². The van der Waals surface area contributed by atoms with Gasteiger partial charge in [0.2, 0.25) is 11.6 Å². The lowest BCUT2D eigenvalue weighted by Crippen LogP contribution is -2.54. The van der Waals surface area contributed by atoms with E-state index in [9.17, 15) is 0 Å². The van der Waals surface area contributed by atoms with Crippen molar-refractivity contribution in [1.29, 1.82) is 0 Å². The van der Waals surface area contributed by atoms with Gasteiger partial charge in [0.05, 0.1) is 11.4 Å². The highest BCUT2D eigenvalue weighted by atomic mass is 17.3. The molecule has 8 nitrogen and oxygen atoms in total. The third kappa shape index (κ3) is 3.30. The van der Waals surface area contributed by atoms with Crippen LogP contribution in [0.5, 0.6) is 0 Å². The molecule has 2 heterocycles. The van der Waals surface area contributed by atoms with Crippen LogP contribution in [0.15, 0.2) is 16.8 Å². The Kier molecular flexibility index (Phi) is 4.89. The number of anilines is 2. The number of hydrogen-bond acceptors (Lipinski definition) is 8. The van der Waals surface area contributed by atoms with Crippen molar-refractivity contribution < 1.29 is 19.1 Å². The van der Waals surface area contributed by atoms with Gasteiger partial charge in [-0.2, -0.15) is 9.78 Å². The molecule has 1 aromatic heterocycles. The minimum atomic E-state index is -0.581. The van der Waals surface area contributed by atoms with E-state index in [0.717, 1.165) is 49.8 Å². The summed E-state index contributed by atoms with van der Waals surface area (Å²) < 4.78 is 11.7. The van der Waals surface area contributed by atoms with Crippen molar-refractivity contribution in [3.05, 3.63) is 12.1 Å². The fourth-order valence-electron chi connectivity index (χ4n) is 6.92. The largest absolute Gasteiger partial charge is 0.397 e. The third-order valence-corrected chi connectivity index (χ3v) is 8.55. The maximum absolute atomic E-state index is 6.83. The lowest BCUT2D eigenvalue weighted by Gasteiger charge is -2.50. The van der Waals surface area contributed by atoms with Crippen molar-refractivity contribution in [2.45, 2.75) is 76.8 Å². The number of fused-ring (bicyclic) bond motifs is 4. The van der Waals surface area contributed by atoms with E-state index in [2.05, 4.69) is 29.5 Å². The number of aromatic nitrogens is 2. The van der Waals surface area contributed by atoms with Crippen molar-refractivity contribution in [3.63, 3.8) is 0 Å². The maximum atomic E-state index is 6.83. The second-order valence-electron chi connectivity index (χ2n) is 10.9. The van der Waals surface area contributed by atoms with E-state index in [1.165, 1.54) is 25.7 Å². The molecule has 1 saturated heterocycles. The molecule has 4 fully saturated rings. The summed E-state index contributed by atoms with van der Waals surface area (Å²) in [6.07, 6.45) is 8.71. The first kappa shape index (κ1) is 20.7. The molecular formula is C24H34N4O4. The van der Waals surface area contributed by atoms with Crippen LogP contribution in [-0.4, -0.2) is 28.4 Å². The van der Waals surface area contributed by atoms with Crippen LogP contribution in [-0.2, 0) is 14.5 Å². The molecule has 2 bridgehead atoms. The van der Waals surface area contributed by atoms with Crippen molar-refractivity contribution in [1.82, 2.24) is 10.3 Å². The zero-order valence-electron chi connectivity index (χ0n) is 19.0. The van der Waals surface area contributed by atoms with Crippen LogP contribution in [0.1, 0.15) is 65.2 Å². The number of hydrogen-bond donors (Lipinski definition) is 2. The first-order chi connectivity index (χ1) is 15.5. The monoisotopic (exact) mass is 442 g/mol. The lowest BCUT2D eigenvalue weighted by atomic mass is 9.62. The van der Waals surface area contributed by atoms with E-state index in [1.807, 2.05) is 12.1 Å². The van der Waals surface area contributed by atoms with Crippen molar-refractivity contribution in [3.8, 4) is 0 Å². The van der Waals surface area contributed by atoms with E-state index >= 15 is 0 Å². The van der Waals surface area contributed by atoms with Gasteiger partial charge in [-0.1, -0.05) is 13.8 Å². The van der Waals surface area contributed by atoms with Gasteiger partial charge in [0.15, 0.2) is 11.0 Å². The van der Waals surface area contributed by atoms with Crippen LogP contribution < -0.4 is 11.1 Å². The molecule has 5 atom stereocenters. The fourth-order valence-corrected chi connectivity index (χ4v) is 6.92. The maximum Gasteiger partial charge on any atom is 0.210 e. The molecule has 1 aliphatic heterocycles. The van der Waals surface area contributed by atoms with Crippen LogP contribution in [0.2, 0.25) is 0 Å². The standard InChI is InChI=1S/C24H34N4O4/c1-14-9-17-11-15(2)24(18(10-14)12-17)29-23(30-31-24)7-5-16(6-8-23)13-26-20-4-3-19(25)21-22(20)28-32-27-21/h3-4,14-18,26H,5-13,25H2,1-2H3. The first-order valence-electron chi connectivity index (χ1n) is 12.3. The summed E-state index contributed by atoms with van der Waals surface area (Å²) in [4.78, 5) is 12.2. The van der Waals surface area contributed by atoms with Crippen LogP contribution >= 0.6 is 0 Å². The predicted molar refractivity (Wildman–Crippen MR) is 119 cm³/mol. The van der Waals surface area contributed by atoms with Crippen LogP contribution in [0.25, 0.3) is 11.0 Å². The summed E-state index contributed by atoms with van der Waals surface area (Å²) in [6.45, 7) is 5.52. The van der Waals surface area contributed by atoms with Crippen molar-refractivity contribution in [2.75, 3.05) is 17.6 Å². The Labute approximate surface area is 188 Å². The molecule has 2 aromatic rings. The Bertz CT molecular complexity index is 984. The molecule has 3 N–H and O–H groups in total. The molecule has 2 spiro atoms. The van der Waals surface area contributed by atoms with Gasteiger partial charge in [-0.15, -0.1) is 0 Å². The van der Waals surface area contributed by atoms with Crippen LogP contribution in [0, 0.1) is 29.6 Å². The molecule has 4 aliphatic rings. The van der Waals surface area contributed by atoms with Gasteiger partial charge in [-0.25, -0.2) is 4.63 Å². The number of nitrogen functional groups attached to an aromatic ring is 1. The van der Waals surface area contributed by atoms with E-state index in [4.69, 9.17) is 24.9 Å². The number of rotatable bonds is 3. The van der Waals surface area contributed by atoms with E-state index in [1.54, 1.807) is 0 Å². The Morgan fingerprint density at radius 3 is 2.69 bits per heavy atom. The molecule has 8 heteroatoms. The van der Waals surface area contributed by atoms with Crippen molar-refractivity contribution in [2.24, 2.45) is 29.6 Å². The summed E-state index contributed by atoms with van der Waals surface area (Å²) in [6, 6.07) is 3.78. The zero-order valence-corrected chi connectivity index (χ0v) is 19.0. The first-order valence-corrected chi connectivity index (χ1v) is 12.3. The van der Waals surface area contributed by atoms with Gasteiger partial charge >= 0.3 is 0 Å². The third-order valence-electron chi connectivity index (χ3n) is 8.55. The molecule has 6 rings (SSSR count). The number of nitrogens with one attached hydrogen (secondary N) is 1. The van der Waals surface area contributed by atoms with E-state index in [0.29, 0.717) is 34.5 Å². The molecule has 0 radical (unpaired) electrons. The second kappa shape index (κ2) is 7.57. The molecular weight excluding hydrogens is 408 g/mol. The summed E-state index contributed by atoms with van der Waals surface area (Å²) in [5, 5.41) is 11.4. The summed E-state index contributed by atoms with van der Waals surface area (Å²) >= 11 is 0. The molecule has 174 valence electrons. The summed E-state index contributed by atoms with van der Waals surface area (Å²) in [5.74, 6) is 1.78. The predicted octanol–water partition coefficient (Wildman–Crippen LogP) is 4.87. The number of ether oxygens (including phenoxy) is 1. The topological polar surface area (TPSA) is 105 Å². The molecule has 0 amide bonds. The molecule has 5 unspecified atom stereocenters. The minimum Gasteiger partial charge on any atom is -0.397 e. The Morgan fingerprint density at radius 1 is 1.03 bits per heavy atom. The molecule has 32 heavy (non-hydrogen) atoms. The average molecular weight is 443 g/mol. The van der Waals surface area contributed by atoms with Gasteiger partial charge in [-0.05, 0) is 78.7 Å². The SMILES string of the molecule is CC1CC2CC(C)C3(OOC4(CCC(CNc5ccc(N)c6nonc56)CC4)O3)C(C1)C2. The van der Waals surface area contributed by atoms with Crippen molar-refractivity contribution >= 4 is 22.4 Å². The van der Waals surface area contributed by atoms with Gasteiger partial charge in [0, 0.05) is 31.2 Å². The lowest BCUT2D eigenvalue weighted by molar-refractivity contribution is -0.380. The highest BCUT2D eigenvalue weighted by Crippen LogP contribution is 2.58. The zero-order chi connectivity index (χ0) is 21.9. The highest BCUT2D eigenvalue weighted by Gasteiger charge is 2.62. The molecule has 3 aliphatic carbocycles. The molecule has 1 aromatic carbocycles. The van der Waals surface area contributed by atoms with E-state index < -0.39 is 11.6 Å². The van der Waals surface area contributed by atoms with Crippen LogP contribution in [0.4, 0.5) is 11.4 Å². The number of nitrogens with two attached hydrogens (primary N) is 1. The Morgan fingerprint density at radius 2 is 1.84 bits per heavy atom. The highest BCUT2D eigenvalue weighted by molar-refractivity contribution is 5.94. The summed E-state index contributed by atoms with van der Waals surface area (Å²) in [7, 11) is 0. The molecule has 3 saturated carbocycles. The second-order valence-corrected chi connectivity index (χ2v) is 10.9. The van der Waals surface area contributed by atoms with Gasteiger partial charge < -0.3 is 15.8 Å².